The smallest absolute Gasteiger partial charge is 0.354 e. The molecule has 1 N–H and O–H groups in total. The van der Waals surface area contributed by atoms with E-state index in [-0.39, 0.29) is 23.5 Å². The lowest BCUT2D eigenvalue weighted by molar-refractivity contribution is -0.135. The number of esters is 1. The molecule has 0 saturated carbocycles. The number of hydrazone groups is 1. The van der Waals surface area contributed by atoms with Gasteiger partial charge in [-0.3, -0.25) is 19.9 Å². The Kier molecular flexibility index (Phi) is 8.60. The maximum atomic E-state index is 11.9. The van der Waals surface area contributed by atoms with E-state index in [1.165, 1.54) is 4.90 Å². The normalized spacial score (nSPS) is 14.6. The van der Waals surface area contributed by atoms with Crippen LogP contribution in [-0.4, -0.2) is 52.5 Å². The second kappa shape index (κ2) is 10.9. The third kappa shape index (κ3) is 6.55. The van der Waals surface area contributed by atoms with E-state index < -0.39 is 5.97 Å². The summed E-state index contributed by atoms with van der Waals surface area (Å²) in [6, 6.07) is 7.43. The molecule has 1 aromatic carbocycles. The third-order valence-corrected chi connectivity index (χ3v) is 4.92. The number of carbonyl (C=O) groups excluding carboxylic acids is 3. The molecule has 0 spiro atoms. The minimum absolute atomic E-state index is 0.138. The zero-order valence-electron chi connectivity index (χ0n) is 15.1. The van der Waals surface area contributed by atoms with Gasteiger partial charge in [0.1, 0.15) is 5.71 Å². The summed E-state index contributed by atoms with van der Waals surface area (Å²) < 4.78 is 4.99. The summed E-state index contributed by atoms with van der Waals surface area (Å²) in [5.41, 5.74) is 4.86. The van der Waals surface area contributed by atoms with Crippen molar-refractivity contribution in [3.05, 3.63) is 29.8 Å². The summed E-state index contributed by atoms with van der Waals surface area (Å²) in [6.07, 6.45) is 1.65. The van der Waals surface area contributed by atoms with Gasteiger partial charge in [0.15, 0.2) is 0 Å². The molecule has 1 aliphatic heterocycles. The van der Waals surface area contributed by atoms with Crippen LogP contribution in [0.25, 0.3) is 0 Å². The molecular weight excluding hydrogens is 390 g/mol. The molecule has 1 heterocycles. The first-order chi connectivity index (χ1) is 13.0. The van der Waals surface area contributed by atoms with Gasteiger partial charge in [-0.05, 0) is 43.9 Å². The second-order valence-corrected chi connectivity index (χ2v) is 7.03. The highest BCUT2D eigenvalue weighted by Crippen LogP contribution is 2.19. The summed E-state index contributed by atoms with van der Waals surface area (Å²) in [6.45, 7) is 2.40. The number of ether oxygens (including phenoxy) is 1. The van der Waals surface area contributed by atoms with Crippen LogP contribution in [0, 0.1) is 0 Å². The number of thioether (sulfide) groups is 1. The maximum Gasteiger partial charge on any atom is 0.354 e. The number of carbonyl (C=O) groups is 3. The Morgan fingerprint density at radius 2 is 2.07 bits per heavy atom. The summed E-state index contributed by atoms with van der Waals surface area (Å²) >= 11 is 6.72. The highest BCUT2D eigenvalue weighted by Gasteiger charge is 2.29. The SMILES string of the molecule is CCOC(=O)/C(CCCCl)=N\Nc1ccc(CCN2C(=O)CSC2=O)cc1. The number of nitrogens with zero attached hydrogens (tertiary/aromatic N) is 2. The predicted molar refractivity (Wildman–Crippen MR) is 107 cm³/mol. The Hall–Kier alpha value is -2.06. The summed E-state index contributed by atoms with van der Waals surface area (Å²) in [5, 5.41) is 3.96. The van der Waals surface area contributed by atoms with Gasteiger partial charge in [-0.1, -0.05) is 23.9 Å². The Morgan fingerprint density at radius 3 is 2.67 bits per heavy atom. The van der Waals surface area contributed by atoms with Crippen molar-refractivity contribution in [2.24, 2.45) is 5.10 Å². The average Bonchev–Trinajstić information content (AvgIpc) is 2.99. The summed E-state index contributed by atoms with van der Waals surface area (Å²) in [7, 11) is 0. The van der Waals surface area contributed by atoms with Crippen LogP contribution in [-0.2, 0) is 20.7 Å². The van der Waals surface area contributed by atoms with Gasteiger partial charge in [0.25, 0.3) is 5.24 Å². The molecule has 9 heteroatoms. The number of alkyl halides is 1. The molecular formula is C18H22ClN3O4S. The first kappa shape index (κ1) is 21.2. The molecule has 1 aliphatic rings. The topological polar surface area (TPSA) is 88.1 Å². The standard InChI is InChI=1S/C18H22ClN3O4S/c1-2-26-17(24)15(4-3-10-19)21-20-14-7-5-13(6-8-14)9-11-22-16(23)12-27-18(22)25/h5-8,20H,2-4,9-12H2,1H3/b21-15-. The Morgan fingerprint density at radius 1 is 1.33 bits per heavy atom. The van der Waals surface area contributed by atoms with Gasteiger partial charge in [-0.2, -0.15) is 5.10 Å². The average molecular weight is 412 g/mol. The van der Waals surface area contributed by atoms with Gasteiger partial charge >= 0.3 is 5.97 Å². The first-order valence-electron chi connectivity index (χ1n) is 8.67. The molecule has 1 aromatic rings. The highest BCUT2D eigenvalue weighted by molar-refractivity contribution is 8.14. The molecule has 0 radical (unpaired) electrons. The van der Waals surface area contributed by atoms with Crippen LogP contribution in [0.4, 0.5) is 10.5 Å². The number of benzene rings is 1. The number of hydrogen-bond acceptors (Lipinski definition) is 7. The van der Waals surface area contributed by atoms with Crippen molar-refractivity contribution >= 4 is 51.9 Å². The lowest BCUT2D eigenvalue weighted by Gasteiger charge is -2.12. The van der Waals surface area contributed by atoms with Crippen molar-refractivity contribution in [2.75, 3.05) is 30.2 Å². The fourth-order valence-electron chi connectivity index (χ4n) is 2.37. The zero-order valence-corrected chi connectivity index (χ0v) is 16.6. The van der Waals surface area contributed by atoms with E-state index in [9.17, 15) is 14.4 Å². The lowest BCUT2D eigenvalue weighted by atomic mass is 10.1. The molecule has 7 nitrogen and oxygen atoms in total. The summed E-state index contributed by atoms with van der Waals surface area (Å²) in [4.78, 5) is 36.4. The molecule has 0 aliphatic carbocycles. The van der Waals surface area contributed by atoms with Crippen LogP contribution >= 0.6 is 23.4 Å². The van der Waals surface area contributed by atoms with Crippen LogP contribution in [0.3, 0.4) is 0 Å². The van der Waals surface area contributed by atoms with Crippen LogP contribution in [0.2, 0.25) is 0 Å². The quantitative estimate of drug-likeness (QED) is 0.275. The Bertz CT molecular complexity index is 693. The number of anilines is 1. The molecule has 2 rings (SSSR count). The van der Waals surface area contributed by atoms with Gasteiger partial charge in [-0.15, -0.1) is 11.6 Å². The first-order valence-corrected chi connectivity index (χ1v) is 10.2. The number of amides is 2. The number of halogens is 1. The number of imide groups is 1. The van der Waals surface area contributed by atoms with Crippen LogP contribution in [0.1, 0.15) is 25.3 Å². The molecule has 1 saturated heterocycles. The Balaban J connectivity index is 1.92. The molecule has 146 valence electrons. The van der Waals surface area contributed by atoms with Gasteiger partial charge in [0.2, 0.25) is 5.91 Å². The molecule has 27 heavy (non-hydrogen) atoms. The minimum Gasteiger partial charge on any atom is -0.461 e. The molecule has 0 atom stereocenters. The van der Waals surface area contributed by atoms with E-state index >= 15 is 0 Å². The third-order valence-electron chi connectivity index (χ3n) is 3.80. The van der Waals surface area contributed by atoms with E-state index in [1.54, 1.807) is 6.92 Å². The van der Waals surface area contributed by atoms with Gasteiger partial charge in [-0.25, -0.2) is 4.79 Å². The van der Waals surface area contributed by atoms with Crippen molar-refractivity contribution in [1.82, 2.24) is 4.90 Å². The molecule has 0 unspecified atom stereocenters. The van der Waals surface area contributed by atoms with Crippen molar-refractivity contribution in [3.63, 3.8) is 0 Å². The van der Waals surface area contributed by atoms with E-state index in [0.717, 1.165) is 23.0 Å². The zero-order chi connectivity index (χ0) is 19.6. The number of hydrogen-bond donors (Lipinski definition) is 1. The second-order valence-electron chi connectivity index (χ2n) is 5.73. The van der Waals surface area contributed by atoms with Gasteiger partial charge in [0, 0.05) is 12.4 Å². The largest absolute Gasteiger partial charge is 0.461 e. The van der Waals surface area contributed by atoms with Crippen molar-refractivity contribution in [3.8, 4) is 0 Å². The number of nitrogens with one attached hydrogen (secondary N) is 1. The van der Waals surface area contributed by atoms with E-state index in [2.05, 4.69) is 10.5 Å². The molecule has 2 amide bonds. The number of rotatable bonds is 10. The minimum atomic E-state index is -0.454. The Labute approximate surface area is 167 Å². The fourth-order valence-corrected chi connectivity index (χ4v) is 3.25. The van der Waals surface area contributed by atoms with E-state index in [0.29, 0.717) is 37.4 Å². The molecule has 0 bridgehead atoms. The fraction of sp³-hybridized carbons (Fsp3) is 0.444. The van der Waals surface area contributed by atoms with Crippen LogP contribution in [0.15, 0.2) is 29.4 Å². The van der Waals surface area contributed by atoms with Gasteiger partial charge in [0.05, 0.1) is 18.0 Å². The van der Waals surface area contributed by atoms with Crippen molar-refractivity contribution < 1.29 is 19.1 Å². The van der Waals surface area contributed by atoms with Crippen molar-refractivity contribution in [1.29, 1.82) is 0 Å². The van der Waals surface area contributed by atoms with E-state index in [4.69, 9.17) is 16.3 Å². The molecule has 0 aromatic heterocycles. The predicted octanol–water partition coefficient (Wildman–Crippen LogP) is 3.27. The molecule has 1 fully saturated rings. The maximum absolute atomic E-state index is 11.9. The lowest BCUT2D eigenvalue weighted by Crippen LogP contribution is -2.30. The van der Waals surface area contributed by atoms with Gasteiger partial charge < -0.3 is 4.74 Å². The highest BCUT2D eigenvalue weighted by atomic mass is 35.5. The van der Waals surface area contributed by atoms with E-state index in [1.807, 2.05) is 24.3 Å². The monoisotopic (exact) mass is 411 g/mol. The van der Waals surface area contributed by atoms with Crippen LogP contribution < -0.4 is 5.43 Å². The van der Waals surface area contributed by atoms with Crippen LogP contribution in [0.5, 0.6) is 0 Å². The summed E-state index contributed by atoms with van der Waals surface area (Å²) in [5.74, 6) is 0.0745. The van der Waals surface area contributed by atoms with Crippen molar-refractivity contribution in [2.45, 2.75) is 26.2 Å².